The molecule has 0 nitrogen and oxygen atoms in total. The zero-order valence-electron chi connectivity index (χ0n) is 25.7. The summed E-state index contributed by atoms with van der Waals surface area (Å²) in [6.07, 6.45) is 8.25. The van der Waals surface area contributed by atoms with Crippen molar-refractivity contribution in [1.29, 1.82) is 0 Å². The maximum Gasteiger partial charge on any atom is -1.00 e. The average Bonchev–Trinajstić information content (AvgIpc) is 3.66. The van der Waals surface area contributed by atoms with Crippen LogP contribution in [0.1, 0.15) is 68.8 Å². The molecule has 2 atom stereocenters. The Kier molecular flexibility index (Phi) is 8.86. The first-order valence-corrected chi connectivity index (χ1v) is 24.1. The molecule has 0 aliphatic heterocycles. The molecule has 0 heterocycles. The van der Waals surface area contributed by atoms with Gasteiger partial charge in [-0.05, 0) is 0 Å². The van der Waals surface area contributed by atoms with Gasteiger partial charge in [-0.15, -0.1) is 0 Å². The zero-order valence-corrected chi connectivity index (χ0v) is 30.8. The van der Waals surface area contributed by atoms with E-state index in [4.69, 9.17) is 0 Å². The second kappa shape index (κ2) is 12.4. The molecule has 3 aliphatic rings. The zero-order chi connectivity index (χ0) is 28.5. The molecule has 0 fully saturated rings. The molecule has 44 heavy (non-hydrogen) atoms. The van der Waals surface area contributed by atoms with Crippen molar-refractivity contribution in [3.05, 3.63) is 136 Å². The van der Waals surface area contributed by atoms with Crippen molar-refractivity contribution >= 4 is 34.9 Å². The van der Waals surface area contributed by atoms with Gasteiger partial charge in [0.1, 0.15) is 0 Å². The number of rotatable bonds is 6. The van der Waals surface area contributed by atoms with Gasteiger partial charge in [-0.3, -0.25) is 0 Å². The van der Waals surface area contributed by atoms with Crippen LogP contribution < -0.4 is 24.8 Å². The Morgan fingerprint density at radius 2 is 1.32 bits per heavy atom. The van der Waals surface area contributed by atoms with Crippen LogP contribution in [0.25, 0.3) is 51.3 Å². The minimum Gasteiger partial charge on any atom is -1.00 e. The topological polar surface area (TPSA) is 0 Å². The molecule has 2 unspecified atom stereocenters. The van der Waals surface area contributed by atoms with E-state index in [9.17, 15) is 0 Å². The first-order chi connectivity index (χ1) is 20.5. The van der Waals surface area contributed by atoms with Gasteiger partial charge < -0.3 is 24.8 Å². The van der Waals surface area contributed by atoms with Crippen molar-refractivity contribution in [2.75, 3.05) is 0 Å². The van der Waals surface area contributed by atoms with E-state index in [1.807, 2.05) is 0 Å². The third kappa shape index (κ3) is 4.98. The van der Waals surface area contributed by atoms with Crippen LogP contribution in [-0.4, -0.2) is 5.92 Å². The van der Waals surface area contributed by atoms with Gasteiger partial charge in [0.2, 0.25) is 0 Å². The van der Waals surface area contributed by atoms with Gasteiger partial charge in [-0.1, -0.05) is 0 Å². The van der Waals surface area contributed by atoms with Gasteiger partial charge in [0, 0.05) is 0 Å². The second-order valence-corrected chi connectivity index (χ2v) is 28.0. The summed E-state index contributed by atoms with van der Waals surface area (Å²) in [5, 5.41) is 2.77. The van der Waals surface area contributed by atoms with Crippen LogP contribution in [0.2, 0.25) is 13.1 Å². The third-order valence-electron chi connectivity index (χ3n) is 9.43. The summed E-state index contributed by atoms with van der Waals surface area (Å²) >= 11 is -0.563. The summed E-state index contributed by atoms with van der Waals surface area (Å²) in [5.41, 5.74) is 17.8. The summed E-state index contributed by atoms with van der Waals surface area (Å²) in [5.74, 6) is 0.320. The largest absolute Gasteiger partial charge is 1.00 e. The Balaban J connectivity index is 0.00000171. The van der Waals surface area contributed by atoms with Gasteiger partial charge in [-0.25, -0.2) is 0 Å². The molecule has 8 rings (SSSR count). The molecular formula is C40H36Cl2SiZr. The van der Waals surface area contributed by atoms with Crippen molar-refractivity contribution < 1.29 is 47.2 Å². The van der Waals surface area contributed by atoms with E-state index in [2.05, 4.69) is 136 Å². The van der Waals surface area contributed by atoms with Gasteiger partial charge in [0.25, 0.3) is 0 Å². The van der Waals surface area contributed by atoms with Crippen LogP contribution in [0.15, 0.2) is 96.6 Å². The molecule has 5 aromatic rings. The number of halogens is 2. The molecule has 0 radical (unpaired) electrons. The van der Waals surface area contributed by atoms with Crippen LogP contribution in [0.5, 0.6) is 0 Å². The quantitative estimate of drug-likeness (QED) is 0.221. The van der Waals surface area contributed by atoms with Crippen molar-refractivity contribution in [3.63, 3.8) is 0 Å². The van der Waals surface area contributed by atoms with Gasteiger partial charge >= 0.3 is 264 Å². The van der Waals surface area contributed by atoms with E-state index < -0.39 is 28.3 Å². The maximum absolute atomic E-state index is 2.59. The Morgan fingerprint density at radius 1 is 0.659 bits per heavy atom. The van der Waals surface area contributed by atoms with E-state index in [1.54, 1.807) is 22.3 Å². The van der Waals surface area contributed by atoms with Crippen molar-refractivity contribution in [2.45, 2.75) is 42.9 Å². The molecule has 4 heteroatoms. The number of hydrogen-bond donors (Lipinski definition) is 0. The fourth-order valence-corrected chi connectivity index (χ4v) is 17.8. The van der Waals surface area contributed by atoms with Crippen molar-refractivity contribution in [2.24, 2.45) is 5.92 Å². The Bertz CT molecular complexity index is 1960. The predicted octanol–water partition coefficient (Wildman–Crippen LogP) is 4.71. The van der Waals surface area contributed by atoms with E-state index in [0.717, 1.165) is 6.42 Å². The standard InChI is InChI=1S/C38H29.C2H7Si.2ClH.Zr/c1-23(2)20-27-22-36-30(31-19-18-25-17-16-24-9-5-13-32(31)37(24)25)12-7-15-34(36)38(27)33-14-6-11-29-28-10-4-3-8-26(28)21-35(29)33;1-3-2;;;/h3-19,21-23,38H,20H2,1-2H3;3H,1-2H3;2*1H;/q;;;;+2/p-2. The molecule has 0 saturated carbocycles. The van der Waals surface area contributed by atoms with Crippen LogP contribution in [-0.2, 0) is 22.4 Å². The summed E-state index contributed by atoms with van der Waals surface area (Å²) in [6.45, 7) is 9.93. The fourth-order valence-electron chi connectivity index (χ4n) is 7.92. The normalized spacial score (nSPS) is 16.7. The Labute approximate surface area is 286 Å². The van der Waals surface area contributed by atoms with Gasteiger partial charge in [-0.2, -0.15) is 0 Å². The van der Waals surface area contributed by atoms with E-state index in [0.29, 0.717) is 15.5 Å². The number of fused-ring (bicyclic) bond motifs is 4. The van der Waals surface area contributed by atoms with Gasteiger partial charge in [0.05, 0.1) is 0 Å². The molecule has 0 aromatic heterocycles. The third-order valence-corrected chi connectivity index (χ3v) is 19.3. The molecule has 0 saturated heterocycles. The average molecular weight is 707 g/mol. The molecular weight excluding hydrogens is 671 g/mol. The van der Waals surface area contributed by atoms with Crippen molar-refractivity contribution in [3.8, 4) is 22.3 Å². The first kappa shape index (κ1) is 31.5. The Hall–Kier alpha value is -2.48. The molecule has 5 aromatic carbocycles. The minimum absolute atomic E-state index is 0. The maximum atomic E-state index is 2.59. The summed E-state index contributed by atoms with van der Waals surface area (Å²) in [6, 6.07) is 35.2. The predicted molar refractivity (Wildman–Crippen MR) is 180 cm³/mol. The molecule has 0 N–H and O–H groups in total. The second-order valence-electron chi connectivity index (χ2n) is 13.0. The number of hydrogen-bond acceptors (Lipinski definition) is 0. The monoisotopic (exact) mass is 704 g/mol. The number of allylic oxidation sites excluding steroid dienone is 1. The first-order valence-electron chi connectivity index (χ1n) is 15.6. The van der Waals surface area contributed by atoms with Crippen molar-refractivity contribution in [1.82, 2.24) is 0 Å². The molecule has 218 valence electrons. The van der Waals surface area contributed by atoms with E-state index >= 15 is 0 Å². The molecule has 0 spiro atoms. The smallest absolute Gasteiger partial charge is 1.00 e. The SMILES string of the molecule is CC(C)CC1=Cc2c(-c3ccc4c5c(cccc35)C=C4)cccc2C1c1cccc2c1[CH]([Zr+2][SiH](C)C)c1ccccc1-2.[Cl-].[Cl-]. The molecule has 3 aliphatic carbocycles. The summed E-state index contributed by atoms with van der Waals surface area (Å²) in [7, 11) is 0. The summed E-state index contributed by atoms with van der Waals surface area (Å²) < 4.78 is 0.680. The van der Waals surface area contributed by atoms with Gasteiger partial charge in [0.15, 0.2) is 0 Å². The minimum atomic E-state index is -0.629. The number of benzene rings is 5. The fraction of sp³-hybridized carbons (Fsp3) is 0.200. The summed E-state index contributed by atoms with van der Waals surface area (Å²) in [4.78, 5) is 0. The van der Waals surface area contributed by atoms with Crippen LogP contribution >= 0.6 is 0 Å². The molecule has 0 bridgehead atoms. The van der Waals surface area contributed by atoms with Crippen LogP contribution in [0.4, 0.5) is 0 Å². The van der Waals surface area contributed by atoms with E-state index in [-0.39, 0.29) is 24.8 Å². The van der Waals surface area contributed by atoms with Crippen LogP contribution in [0, 0.1) is 5.92 Å². The Morgan fingerprint density at radius 3 is 2.09 bits per heavy atom. The van der Waals surface area contributed by atoms with Crippen LogP contribution in [0.3, 0.4) is 0 Å². The van der Waals surface area contributed by atoms with E-state index in [1.165, 1.54) is 55.3 Å². The molecule has 0 amide bonds.